The van der Waals surface area contributed by atoms with Gasteiger partial charge in [0.2, 0.25) is 10.0 Å². The van der Waals surface area contributed by atoms with Crippen molar-refractivity contribution in [3.8, 4) is 0 Å². The lowest BCUT2D eigenvalue weighted by Crippen LogP contribution is -2.44. The molecule has 2 saturated carbocycles. The summed E-state index contributed by atoms with van der Waals surface area (Å²) in [6, 6.07) is 0.0385. The first-order valence-corrected chi connectivity index (χ1v) is 10.2. The minimum atomic E-state index is -3.10. The summed E-state index contributed by atoms with van der Waals surface area (Å²) >= 11 is 0. The van der Waals surface area contributed by atoms with Crippen molar-refractivity contribution in [1.82, 2.24) is 14.5 Å². The summed E-state index contributed by atoms with van der Waals surface area (Å²) in [5.41, 5.74) is 0. The summed E-state index contributed by atoms with van der Waals surface area (Å²) in [4.78, 5) is 14.4. The van der Waals surface area contributed by atoms with Gasteiger partial charge < -0.3 is 10.2 Å². The van der Waals surface area contributed by atoms with Crippen LogP contribution in [0.2, 0.25) is 0 Å². The van der Waals surface area contributed by atoms with Gasteiger partial charge in [-0.25, -0.2) is 17.5 Å². The molecule has 1 N–H and O–H groups in total. The van der Waals surface area contributed by atoms with Gasteiger partial charge in [-0.15, -0.1) is 0 Å². The molecule has 0 spiro atoms. The van der Waals surface area contributed by atoms with Gasteiger partial charge in [0.1, 0.15) is 0 Å². The number of sulfonamides is 1. The van der Waals surface area contributed by atoms with Gasteiger partial charge in [-0.3, -0.25) is 0 Å². The monoisotopic (exact) mass is 329 g/mol. The maximum Gasteiger partial charge on any atom is 0.317 e. The third-order valence-electron chi connectivity index (χ3n) is 4.90. The third kappa shape index (κ3) is 4.59. The summed E-state index contributed by atoms with van der Waals surface area (Å²) < 4.78 is 24.5. The molecule has 0 bridgehead atoms. The van der Waals surface area contributed by atoms with Crippen molar-refractivity contribution < 1.29 is 13.2 Å². The van der Waals surface area contributed by atoms with E-state index in [2.05, 4.69) is 5.32 Å². The van der Waals surface area contributed by atoms with Gasteiger partial charge in [0.25, 0.3) is 0 Å². The standard InChI is InChI=1S/C15H27N3O3S/c1-22(20,21)18-7-6-14(11-18)8-16-15(19)17(9-12-2-3-12)10-13-4-5-13/h12-14H,2-11H2,1H3,(H,16,19)/t14-/m1/s1. The van der Waals surface area contributed by atoms with E-state index in [1.54, 1.807) is 0 Å². The number of carbonyl (C=O) groups excluding carboxylic acids is 1. The minimum Gasteiger partial charge on any atom is -0.338 e. The second-order valence-electron chi connectivity index (χ2n) is 7.25. The summed E-state index contributed by atoms with van der Waals surface area (Å²) in [5.74, 6) is 1.65. The lowest BCUT2D eigenvalue weighted by molar-refractivity contribution is 0.191. The highest BCUT2D eigenvalue weighted by Crippen LogP contribution is 2.33. The van der Waals surface area contributed by atoms with Crippen LogP contribution >= 0.6 is 0 Å². The van der Waals surface area contributed by atoms with Gasteiger partial charge in [0, 0.05) is 32.7 Å². The van der Waals surface area contributed by atoms with Crippen LogP contribution in [0.4, 0.5) is 4.79 Å². The molecule has 0 aromatic heterocycles. The Morgan fingerprint density at radius 2 is 1.68 bits per heavy atom. The van der Waals surface area contributed by atoms with Crippen LogP contribution in [0.25, 0.3) is 0 Å². The van der Waals surface area contributed by atoms with E-state index in [1.165, 1.54) is 36.2 Å². The molecule has 3 aliphatic rings. The van der Waals surface area contributed by atoms with E-state index in [4.69, 9.17) is 0 Å². The highest BCUT2D eigenvalue weighted by atomic mass is 32.2. The molecule has 1 heterocycles. The quantitative estimate of drug-likeness (QED) is 0.760. The van der Waals surface area contributed by atoms with E-state index < -0.39 is 10.0 Å². The topological polar surface area (TPSA) is 69.7 Å². The Morgan fingerprint density at radius 3 is 2.14 bits per heavy atom. The molecule has 6 nitrogen and oxygen atoms in total. The molecule has 0 unspecified atom stereocenters. The zero-order chi connectivity index (χ0) is 15.7. The number of urea groups is 1. The molecule has 22 heavy (non-hydrogen) atoms. The van der Waals surface area contributed by atoms with E-state index in [0.29, 0.717) is 31.5 Å². The Kier molecular flexibility index (Phi) is 4.64. The van der Waals surface area contributed by atoms with E-state index >= 15 is 0 Å². The van der Waals surface area contributed by atoms with Crippen molar-refractivity contribution in [3.63, 3.8) is 0 Å². The van der Waals surface area contributed by atoms with Crippen LogP contribution in [-0.4, -0.2) is 62.6 Å². The van der Waals surface area contributed by atoms with E-state index in [1.807, 2.05) is 4.90 Å². The summed E-state index contributed by atoms with van der Waals surface area (Å²) in [7, 11) is -3.10. The highest BCUT2D eigenvalue weighted by molar-refractivity contribution is 7.88. The number of hydrogen-bond acceptors (Lipinski definition) is 3. The molecule has 0 radical (unpaired) electrons. The summed E-state index contributed by atoms with van der Waals surface area (Å²) in [5, 5.41) is 3.03. The second-order valence-corrected chi connectivity index (χ2v) is 9.24. The van der Waals surface area contributed by atoms with Crippen molar-refractivity contribution in [3.05, 3.63) is 0 Å². The molecule has 1 aliphatic heterocycles. The molecule has 1 atom stereocenters. The molecule has 7 heteroatoms. The van der Waals surface area contributed by atoms with Crippen LogP contribution in [0.15, 0.2) is 0 Å². The van der Waals surface area contributed by atoms with Crippen LogP contribution in [-0.2, 0) is 10.0 Å². The Hall–Kier alpha value is -0.820. The Bertz CT molecular complexity index is 500. The molecule has 0 aromatic rings. The van der Waals surface area contributed by atoms with Gasteiger partial charge in [-0.05, 0) is 49.9 Å². The van der Waals surface area contributed by atoms with Gasteiger partial charge in [-0.1, -0.05) is 0 Å². The largest absolute Gasteiger partial charge is 0.338 e. The van der Waals surface area contributed by atoms with Crippen LogP contribution in [0, 0.1) is 17.8 Å². The maximum atomic E-state index is 12.4. The molecule has 3 fully saturated rings. The SMILES string of the molecule is CS(=O)(=O)N1CC[C@H](CNC(=O)N(CC2CC2)CC2CC2)C1. The average molecular weight is 329 g/mol. The lowest BCUT2D eigenvalue weighted by atomic mass is 10.1. The maximum absolute atomic E-state index is 12.4. The molecule has 3 rings (SSSR count). The van der Waals surface area contributed by atoms with Crippen LogP contribution in [0.3, 0.4) is 0 Å². The average Bonchev–Trinajstić information content (AvgIpc) is 3.36. The molecular weight excluding hydrogens is 302 g/mol. The zero-order valence-electron chi connectivity index (χ0n) is 13.3. The number of nitrogens with zero attached hydrogens (tertiary/aromatic N) is 2. The molecule has 2 aliphatic carbocycles. The van der Waals surface area contributed by atoms with E-state index in [-0.39, 0.29) is 11.9 Å². The number of amides is 2. The van der Waals surface area contributed by atoms with Crippen LogP contribution < -0.4 is 5.32 Å². The Labute approximate surface area is 133 Å². The van der Waals surface area contributed by atoms with Crippen LogP contribution in [0.5, 0.6) is 0 Å². The van der Waals surface area contributed by atoms with E-state index in [9.17, 15) is 13.2 Å². The smallest absolute Gasteiger partial charge is 0.317 e. The summed E-state index contributed by atoms with van der Waals surface area (Å²) in [6.45, 7) is 3.47. The first-order chi connectivity index (χ1) is 10.4. The fourth-order valence-corrected chi connectivity index (χ4v) is 3.99. The van der Waals surface area contributed by atoms with Crippen molar-refractivity contribution in [2.75, 3.05) is 39.0 Å². The normalized spacial score (nSPS) is 26.1. The number of nitrogens with one attached hydrogen (secondary N) is 1. The third-order valence-corrected chi connectivity index (χ3v) is 6.17. The zero-order valence-corrected chi connectivity index (χ0v) is 14.1. The number of rotatable bonds is 7. The lowest BCUT2D eigenvalue weighted by Gasteiger charge is -2.24. The highest BCUT2D eigenvalue weighted by Gasteiger charge is 2.32. The van der Waals surface area contributed by atoms with Gasteiger partial charge in [0.15, 0.2) is 0 Å². The number of hydrogen-bond donors (Lipinski definition) is 1. The number of carbonyl (C=O) groups is 1. The predicted molar refractivity (Wildman–Crippen MR) is 84.9 cm³/mol. The van der Waals surface area contributed by atoms with Crippen LogP contribution in [0.1, 0.15) is 32.1 Å². The van der Waals surface area contributed by atoms with Gasteiger partial charge in [-0.2, -0.15) is 0 Å². The predicted octanol–water partition coefficient (Wildman–Crippen LogP) is 1.10. The fraction of sp³-hybridized carbons (Fsp3) is 0.933. The van der Waals surface area contributed by atoms with Gasteiger partial charge >= 0.3 is 6.03 Å². The summed E-state index contributed by atoms with van der Waals surface area (Å²) in [6.07, 6.45) is 7.08. The minimum absolute atomic E-state index is 0.0385. The molecular formula is C15H27N3O3S. The Morgan fingerprint density at radius 1 is 1.09 bits per heavy atom. The van der Waals surface area contributed by atoms with Crippen molar-refractivity contribution in [2.24, 2.45) is 17.8 Å². The van der Waals surface area contributed by atoms with E-state index in [0.717, 1.165) is 19.5 Å². The molecule has 126 valence electrons. The van der Waals surface area contributed by atoms with Gasteiger partial charge in [0.05, 0.1) is 6.26 Å². The molecule has 1 saturated heterocycles. The second kappa shape index (κ2) is 6.35. The molecule has 0 aromatic carbocycles. The Balaban J connectivity index is 1.44. The first kappa shape index (κ1) is 16.1. The van der Waals surface area contributed by atoms with Crippen molar-refractivity contribution >= 4 is 16.1 Å². The molecule has 2 amide bonds. The fourth-order valence-electron chi connectivity index (χ4n) is 3.07. The van der Waals surface area contributed by atoms with Crippen molar-refractivity contribution in [1.29, 1.82) is 0 Å². The van der Waals surface area contributed by atoms with Crippen molar-refractivity contribution in [2.45, 2.75) is 32.1 Å². The first-order valence-electron chi connectivity index (χ1n) is 8.39.